The van der Waals surface area contributed by atoms with Gasteiger partial charge >= 0.3 is 0 Å². The monoisotopic (exact) mass is 405 g/mol. The van der Waals surface area contributed by atoms with E-state index in [1.165, 1.54) is 16.4 Å². The summed E-state index contributed by atoms with van der Waals surface area (Å²) in [6, 6.07) is 7.72. The lowest BCUT2D eigenvalue weighted by molar-refractivity contribution is 0.315. The third-order valence-corrected chi connectivity index (χ3v) is 7.13. The van der Waals surface area contributed by atoms with Crippen molar-refractivity contribution >= 4 is 21.4 Å². The van der Waals surface area contributed by atoms with Gasteiger partial charge in [0.15, 0.2) is 5.75 Å². The molecule has 28 heavy (non-hydrogen) atoms. The zero-order valence-corrected chi connectivity index (χ0v) is 16.9. The van der Waals surface area contributed by atoms with Crippen LogP contribution in [0.3, 0.4) is 0 Å². The average Bonchev–Trinajstić information content (AvgIpc) is 2.69. The van der Waals surface area contributed by atoms with E-state index >= 15 is 0 Å². The number of sulfonamides is 1. The third kappa shape index (κ3) is 3.31. The molecule has 8 heteroatoms. The molecule has 2 aromatic carbocycles. The maximum atomic E-state index is 13.8. The summed E-state index contributed by atoms with van der Waals surface area (Å²) >= 11 is 0. The molecule has 0 radical (unpaired) electrons. The second-order valence-corrected chi connectivity index (χ2v) is 9.04. The molecule has 2 aliphatic heterocycles. The van der Waals surface area contributed by atoms with Gasteiger partial charge in [0.1, 0.15) is 12.4 Å². The molecule has 0 spiro atoms. The molecule has 4 rings (SSSR count). The second-order valence-electron chi connectivity index (χ2n) is 7.20. The van der Waals surface area contributed by atoms with Crippen LogP contribution in [-0.4, -0.2) is 47.7 Å². The first-order chi connectivity index (χ1) is 13.4. The van der Waals surface area contributed by atoms with Crippen molar-refractivity contribution in [1.29, 1.82) is 0 Å². The van der Waals surface area contributed by atoms with Crippen LogP contribution in [0.15, 0.2) is 35.2 Å². The predicted molar refractivity (Wildman–Crippen MR) is 107 cm³/mol. The summed E-state index contributed by atoms with van der Waals surface area (Å²) in [6.45, 7) is 7.46. The summed E-state index contributed by atoms with van der Waals surface area (Å²) in [6.07, 6.45) is 0. The van der Waals surface area contributed by atoms with Gasteiger partial charge in [0.2, 0.25) is 0 Å². The number of nitrogens with one attached hydrogen (secondary N) is 1. The van der Waals surface area contributed by atoms with Crippen LogP contribution in [0.5, 0.6) is 5.75 Å². The molecule has 6 nitrogen and oxygen atoms in total. The topological polar surface area (TPSA) is 61.9 Å². The molecular weight excluding hydrogens is 381 g/mol. The van der Waals surface area contributed by atoms with Crippen LogP contribution >= 0.6 is 0 Å². The number of benzene rings is 2. The quantitative estimate of drug-likeness (QED) is 0.850. The van der Waals surface area contributed by atoms with E-state index in [-0.39, 0.29) is 18.0 Å². The maximum Gasteiger partial charge on any atom is 0.264 e. The molecule has 0 amide bonds. The maximum absolute atomic E-state index is 13.8. The van der Waals surface area contributed by atoms with Gasteiger partial charge in [0, 0.05) is 26.2 Å². The van der Waals surface area contributed by atoms with Crippen molar-refractivity contribution in [2.75, 3.05) is 48.5 Å². The Balaban J connectivity index is 1.83. The van der Waals surface area contributed by atoms with Gasteiger partial charge < -0.3 is 15.0 Å². The first kappa shape index (κ1) is 19.0. The first-order valence-corrected chi connectivity index (χ1v) is 10.8. The van der Waals surface area contributed by atoms with Crippen LogP contribution < -0.4 is 19.3 Å². The van der Waals surface area contributed by atoms with Gasteiger partial charge in [0.05, 0.1) is 22.8 Å². The minimum atomic E-state index is -3.91. The van der Waals surface area contributed by atoms with Gasteiger partial charge in [-0.3, -0.25) is 4.31 Å². The zero-order valence-electron chi connectivity index (χ0n) is 16.0. The highest BCUT2D eigenvalue weighted by Gasteiger charge is 2.34. The largest absolute Gasteiger partial charge is 0.487 e. The SMILES string of the molecule is Cc1cc(N2CCNCC2)c2c(c1)N(S(=O)(=O)c1cc(F)ccc1C)CCO2. The Morgan fingerprint density at radius 3 is 2.50 bits per heavy atom. The highest BCUT2D eigenvalue weighted by Crippen LogP contribution is 2.43. The normalized spacial score (nSPS) is 17.2. The molecule has 150 valence electrons. The molecule has 0 saturated carbocycles. The predicted octanol–water partition coefficient (Wildman–Crippen LogP) is 2.44. The van der Waals surface area contributed by atoms with Crippen molar-refractivity contribution in [3.05, 3.63) is 47.3 Å². The minimum Gasteiger partial charge on any atom is -0.487 e. The second kappa shape index (κ2) is 7.25. The lowest BCUT2D eigenvalue weighted by Crippen LogP contribution is -2.44. The molecule has 2 aromatic rings. The van der Waals surface area contributed by atoms with Crippen LogP contribution in [0.1, 0.15) is 11.1 Å². The van der Waals surface area contributed by atoms with Gasteiger partial charge in [-0.2, -0.15) is 0 Å². The first-order valence-electron chi connectivity index (χ1n) is 9.40. The van der Waals surface area contributed by atoms with E-state index in [4.69, 9.17) is 4.74 Å². The number of ether oxygens (including phenoxy) is 1. The van der Waals surface area contributed by atoms with E-state index in [1.807, 2.05) is 19.1 Å². The molecule has 2 heterocycles. The molecule has 0 unspecified atom stereocenters. The van der Waals surface area contributed by atoms with E-state index in [9.17, 15) is 12.8 Å². The highest BCUT2D eigenvalue weighted by molar-refractivity contribution is 7.92. The summed E-state index contributed by atoms with van der Waals surface area (Å²) in [5, 5.41) is 3.32. The molecule has 1 saturated heterocycles. The number of anilines is 2. The number of piperazine rings is 1. The molecule has 0 aromatic heterocycles. The number of nitrogens with zero attached hydrogens (tertiary/aromatic N) is 2. The summed E-state index contributed by atoms with van der Waals surface area (Å²) in [7, 11) is -3.91. The smallest absolute Gasteiger partial charge is 0.264 e. The van der Waals surface area contributed by atoms with Crippen LogP contribution in [0.2, 0.25) is 0 Å². The van der Waals surface area contributed by atoms with Crippen LogP contribution in [0.25, 0.3) is 0 Å². The Bertz CT molecular complexity index is 1000. The van der Waals surface area contributed by atoms with Crippen molar-refractivity contribution < 1.29 is 17.5 Å². The van der Waals surface area contributed by atoms with Gasteiger partial charge in [0.25, 0.3) is 10.0 Å². The molecule has 0 aliphatic carbocycles. The van der Waals surface area contributed by atoms with Crippen molar-refractivity contribution in [2.45, 2.75) is 18.7 Å². The zero-order chi connectivity index (χ0) is 19.9. The number of aryl methyl sites for hydroxylation is 2. The van der Waals surface area contributed by atoms with Gasteiger partial charge in [-0.05, 0) is 49.2 Å². The fourth-order valence-electron chi connectivity index (χ4n) is 3.78. The fraction of sp³-hybridized carbons (Fsp3) is 0.400. The lowest BCUT2D eigenvalue weighted by Gasteiger charge is -2.36. The average molecular weight is 405 g/mol. The molecule has 2 aliphatic rings. The third-order valence-electron chi connectivity index (χ3n) is 5.18. The lowest BCUT2D eigenvalue weighted by atomic mass is 10.1. The van der Waals surface area contributed by atoms with Crippen LogP contribution in [-0.2, 0) is 10.0 Å². The summed E-state index contributed by atoms with van der Waals surface area (Å²) in [5.74, 6) is 0.0137. The Hall–Kier alpha value is -2.32. The van der Waals surface area contributed by atoms with Crippen LogP contribution in [0.4, 0.5) is 15.8 Å². The molecule has 0 atom stereocenters. The number of halogens is 1. The molecule has 1 N–H and O–H groups in total. The summed E-state index contributed by atoms with van der Waals surface area (Å²) < 4.78 is 47.9. The number of rotatable bonds is 3. The van der Waals surface area contributed by atoms with Crippen molar-refractivity contribution in [3.63, 3.8) is 0 Å². The number of hydrogen-bond donors (Lipinski definition) is 1. The van der Waals surface area contributed by atoms with E-state index in [1.54, 1.807) is 6.92 Å². The van der Waals surface area contributed by atoms with Crippen molar-refractivity contribution in [2.24, 2.45) is 0 Å². The highest BCUT2D eigenvalue weighted by atomic mass is 32.2. The van der Waals surface area contributed by atoms with Gasteiger partial charge in [-0.1, -0.05) is 6.07 Å². The molecular formula is C20H24FN3O3S. The summed E-state index contributed by atoms with van der Waals surface area (Å²) in [4.78, 5) is 2.21. The number of fused-ring (bicyclic) bond motifs is 1. The Morgan fingerprint density at radius 2 is 1.75 bits per heavy atom. The Labute approximate surface area is 165 Å². The van der Waals surface area contributed by atoms with Gasteiger partial charge in [-0.15, -0.1) is 0 Å². The van der Waals surface area contributed by atoms with Gasteiger partial charge in [-0.25, -0.2) is 12.8 Å². The van der Waals surface area contributed by atoms with Crippen molar-refractivity contribution in [1.82, 2.24) is 5.32 Å². The Morgan fingerprint density at radius 1 is 1.04 bits per heavy atom. The summed E-state index contributed by atoms with van der Waals surface area (Å²) in [5.41, 5.74) is 2.90. The van der Waals surface area contributed by atoms with E-state index in [0.717, 1.165) is 43.5 Å². The van der Waals surface area contributed by atoms with E-state index < -0.39 is 15.8 Å². The van der Waals surface area contributed by atoms with Crippen LogP contribution in [0, 0.1) is 19.7 Å². The Kier molecular flexibility index (Phi) is 4.93. The minimum absolute atomic E-state index is 0.00872. The number of hydrogen-bond acceptors (Lipinski definition) is 5. The standard InChI is InChI=1S/C20H24FN3O3S/c1-14-11-17(23-7-5-22-6-8-23)20-18(12-14)24(9-10-27-20)28(25,26)19-13-16(21)4-3-15(19)2/h3-4,11-13,22H,5-10H2,1-2H3. The molecule has 0 bridgehead atoms. The van der Waals surface area contributed by atoms with Crippen molar-refractivity contribution in [3.8, 4) is 5.75 Å². The molecule has 1 fully saturated rings. The fourth-order valence-corrected chi connectivity index (χ4v) is 5.46. The van der Waals surface area contributed by atoms with E-state index in [2.05, 4.69) is 10.2 Å². The van der Waals surface area contributed by atoms with E-state index in [0.29, 0.717) is 17.0 Å².